The lowest BCUT2D eigenvalue weighted by atomic mass is 10.0. The second-order valence-corrected chi connectivity index (χ2v) is 8.84. The van der Waals surface area contributed by atoms with E-state index < -0.39 is 5.60 Å². The molecule has 0 unspecified atom stereocenters. The number of amides is 2. The topological polar surface area (TPSA) is 87.7 Å². The third-order valence-electron chi connectivity index (χ3n) is 5.19. The first-order valence-corrected chi connectivity index (χ1v) is 10.4. The van der Waals surface area contributed by atoms with Gasteiger partial charge in [-0.25, -0.2) is 14.2 Å². The average Bonchev–Trinajstić information content (AvgIpc) is 3.03. The van der Waals surface area contributed by atoms with E-state index in [1.165, 1.54) is 12.1 Å². The maximum absolute atomic E-state index is 13.1. The summed E-state index contributed by atoms with van der Waals surface area (Å²) in [5.74, 6) is 0.494. The van der Waals surface area contributed by atoms with Crippen LogP contribution in [0.5, 0.6) is 0 Å². The number of nitrogens with zero attached hydrogens (tertiary/aromatic N) is 4. The molecule has 1 atom stereocenters. The monoisotopic (exact) mass is 427 g/mol. The first kappa shape index (κ1) is 21.0. The van der Waals surface area contributed by atoms with Crippen molar-refractivity contribution < 1.29 is 18.7 Å². The van der Waals surface area contributed by atoms with Crippen molar-refractivity contribution in [1.82, 2.24) is 14.9 Å². The highest BCUT2D eigenvalue weighted by molar-refractivity contribution is 6.01. The Morgan fingerprint density at radius 3 is 2.71 bits per heavy atom. The van der Waals surface area contributed by atoms with Crippen molar-refractivity contribution in [3.8, 4) is 0 Å². The summed E-state index contributed by atoms with van der Waals surface area (Å²) in [6.07, 6.45) is 3.05. The third kappa shape index (κ3) is 4.76. The van der Waals surface area contributed by atoms with Crippen LogP contribution in [0.3, 0.4) is 0 Å². The molecule has 4 rings (SSSR count). The van der Waals surface area contributed by atoms with Crippen LogP contribution in [0.2, 0.25) is 0 Å². The van der Waals surface area contributed by atoms with Crippen LogP contribution >= 0.6 is 0 Å². The van der Waals surface area contributed by atoms with Crippen molar-refractivity contribution in [1.29, 1.82) is 0 Å². The van der Waals surface area contributed by atoms with Crippen molar-refractivity contribution in [3.05, 3.63) is 41.8 Å². The summed E-state index contributed by atoms with van der Waals surface area (Å²) < 4.78 is 18.6. The Morgan fingerprint density at radius 2 is 2.00 bits per heavy atom. The van der Waals surface area contributed by atoms with Crippen molar-refractivity contribution in [3.63, 3.8) is 0 Å². The standard InChI is InChI=1S/C22H26FN5O3/c1-22(2,3)31-21(30)27-10-4-5-17(13-27)28-18(29)11-14-12-24-20(26-19(14)28)25-16-8-6-15(23)7-9-16/h6-9,12,17H,4-5,10-11,13H2,1-3H3,(H,24,25,26)/t17-/m1/s1. The number of likely N-dealkylation sites (tertiary alicyclic amines) is 1. The van der Waals surface area contributed by atoms with Crippen molar-refractivity contribution >= 4 is 29.5 Å². The molecule has 0 radical (unpaired) electrons. The van der Waals surface area contributed by atoms with E-state index in [4.69, 9.17) is 4.74 Å². The molecule has 2 aromatic rings. The number of aromatic nitrogens is 2. The molecule has 0 saturated carbocycles. The number of benzene rings is 1. The van der Waals surface area contributed by atoms with Gasteiger partial charge in [0.25, 0.3) is 0 Å². The highest BCUT2D eigenvalue weighted by Crippen LogP contribution is 2.32. The molecule has 1 fully saturated rings. The molecular weight excluding hydrogens is 401 g/mol. The van der Waals surface area contributed by atoms with Gasteiger partial charge in [0.2, 0.25) is 11.9 Å². The van der Waals surface area contributed by atoms with E-state index in [0.29, 0.717) is 30.5 Å². The largest absolute Gasteiger partial charge is 0.444 e. The maximum atomic E-state index is 13.1. The summed E-state index contributed by atoms with van der Waals surface area (Å²) in [7, 11) is 0. The van der Waals surface area contributed by atoms with Gasteiger partial charge in [0.1, 0.15) is 17.2 Å². The fourth-order valence-electron chi connectivity index (χ4n) is 3.85. The molecule has 0 bridgehead atoms. The SMILES string of the molecule is CC(C)(C)OC(=O)N1CCC[C@@H](N2C(=O)Cc3cnc(Nc4ccc(F)cc4)nc32)C1. The van der Waals surface area contributed by atoms with E-state index in [2.05, 4.69) is 15.3 Å². The van der Waals surface area contributed by atoms with Crippen molar-refractivity contribution in [2.24, 2.45) is 0 Å². The van der Waals surface area contributed by atoms with Crippen LogP contribution in [0, 0.1) is 5.82 Å². The highest BCUT2D eigenvalue weighted by atomic mass is 19.1. The zero-order chi connectivity index (χ0) is 22.2. The molecule has 1 N–H and O–H groups in total. The summed E-state index contributed by atoms with van der Waals surface area (Å²) in [6.45, 7) is 6.49. The van der Waals surface area contributed by atoms with Crippen LogP contribution in [0.4, 0.5) is 26.6 Å². The molecule has 3 heterocycles. The van der Waals surface area contributed by atoms with Gasteiger partial charge in [-0.05, 0) is 57.9 Å². The van der Waals surface area contributed by atoms with E-state index in [0.717, 1.165) is 18.4 Å². The summed E-state index contributed by atoms with van der Waals surface area (Å²) in [5, 5.41) is 3.04. The molecule has 9 heteroatoms. The number of carbonyl (C=O) groups is 2. The predicted molar refractivity (Wildman–Crippen MR) is 114 cm³/mol. The van der Waals surface area contributed by atoms with Crippen molar-refractivity contribution in [2.45, 2.75) is 51.7 Å². The number of nitrogens with one attached hydrogen (secondary N) is 1. The van der Waals surface area contributed by atoms with E-state index in [9.17, 15) is 14.0 Å². The van der Waals surface area contributed by atoms with E-state index in [1.54, 1.807) is 28.1 Å². The summed E-state index contributed by atoms with van der Waals surface area (Å²) in [6, 6.07) is 5.70. The number of anilines is 3. The summed E-state index contributed by atoms with van der Waals surface area (Å²) >= 11 is 0. The molecule has 2 aliphatic heterocycles. The minimum absolute atomic E-state index is 0.0562. The predicted octanol–water partition coefficient (Wildman–Crippen LogP) is 3.65. The molecule has 1 aromatic carbocycles. The Labute approximate surface area is 180 Å². The number of hydrogen-bond donors (Lipinski definition) is 1. The molecule has 2 aliphatic rings. The van der Waals surface area contributed by atoms with Crippen LogP contribution in [0.15, 0.2) is 30.5 Å². The van der Waals surface area contributed by atoms with Crippen LogP contribution in [0.1, 0.15) is 39.2 Å². The maximum Gasteiger partial charge on any atom is 0.410 e. The summed E-state index contributed by atoms with van der Waals surface area (Å²) in [5.41, 5.74) is 0.823. The van der Waals surface area contributed by atoms with Gasteiger partial charge in [0, 0.05) is 30.5 Å². The molecular formula is C22H26FN5O3. The summed E-state index contributed by atoms with van der Waals surface area (Å²) in [4.78, 5) is 37.5. The number of carbonyl (C=O) groups excluding carboxylic acids is 2. The molecule has 0 aliphatic carbocycles. The molecule has 8 nitrogen and oxygen atoms in total. The lowest BCUT2D eigenvalue weighted by molar-refractivity contribution is -0.118. The molecule has 0 spiro atoms. The minimum atomic E-state index is -0.575. The fourth-order valence-corrected chi connectivity index (χ4v) is 3.85. The van der Waals surface area contributed by atoms with Crippen LogP contribution < -0.4 is 10.2 Å². The van der Waals surface area contributed by atoms with Gasteiger partial charge in [0.05, 0.1) is 12.5 Å². The van der Waals surface area contributed by atoms with Gasteiger partial charge >= 0.3 is 6.09 Å². The first-order chi connectivity index (χ1) is 14.7. The van der Waals surface area contributed by atoms with Gasteiger partial charge in [0.15, 0.2) is 0 Å². The Hall–Kier alpha value is -3.23. The van der Waals surface area contributed by atoms with Crippen LogP contribution in [-0.4, -0.2) is 51.6 Å². The van der Waals surface area contributed by atoms with Gasteiger partial charge in [-0.1, -0.05) is 0 Å². The normalized spacial score (nSPS) is 18.7. The minimum Gasteiger partial charge on any atom is -0.444 e. The van der Waals surface area contributed by atoms with Gasteiger partial charge in [-0.3, -0.25) is 9.69 Å². The van der Waals surface area contributed by atoms with Gasteiger partial charge < -0.3 is 15.0 Å². The number of fused-ring (bicyclic) bond motifs is 1. The Morgan fingerprint density at radius 1 is 1.26 bits per heavy atom. The first-order valence-electron chi connectivity index (χ1n) is 10.4. The zero-order valence-corrected chi connectivity index (χ0v) is 17.9. The highest BCUT2D eigenvalue weighted by Gasteiger charge is 2.38. The number of rotatable bonds is 3. The Kier molecular flexibility index (Phi) is 5.51. The quantitative estimate of drug-likeness (QED) is 0.805. The van der Waals surface area contributed by atoms with Crippen LogP contribution in [0.25, 0.3) is 0 Å². The molecule has 31 heavy (non-hydrogen) atoms. The second kappa shape index (κ2) is 8.13. The van der Waals surface area contributed by atoms with E-state index in [-0.39, 0.29) is 30.3 Å². The smallest absolute Gasteiger partial charge is 0.410 e. The average molecular weight is 427 g/mol. The molecule has 1 saturated heterocycles. The third-order valence-corrected chi connectivity index (χ3v) is 5.19. The fraction of sp³-hybridized carbons (Fsp3) is 0.455. The Bertz CT molecular complexity index is 990. The van der Waals surface area contributed by atoms with Crippen LogP contribution in [-0.2, 0) is 16.0 Å². The van der Waals surface area contributed by atoms with E-state index >= 15 is 0 Å². The van der Waals surface area contributed by atoms with E-state index in [1.807, 2.05) is 20.8 Å². The second-order valence-electron chi connectivity index (χ2n) is 8.84. The molecule has 1 aromatic heterocycles. The number of hydrogen-bond acceptors (Lipinski definition) is 6. The lowest BCUT2D eigenvalue weighted by Crippen LogP contribution is -2.52. The Balaban J connectivity index is 1.53. The lowest BCUT2D eigenvalue weighted by Gasteiger charge is -2.37. The van der Waals surface area contributed by atoms with Crippen molar-refractivity contribution in [2.75, 3.05) is 23.3 Å². The zero-order valence-electron chi connectivity index (χ0n) is 17.9. The number of ether oxygens (including phenoxy) is 1. The number of halogens is 1. The van der Waals surface area contributed by atoms with Gasteiger partial charge in [-0.2, -0.15) is 4.98 Å². The molecule has 164 valence electrons. The number of piperidine rings is 1. The van der Waals surface area contributed by atoms with Gasteiger partial charge in [-0.15, -0.1) is 0 Å². The molecule has 2 amide bonds.